The predicted octanol–water partition coefficient (Wildman–Crippen LogP) is 2.19. The minimum atomic E-state index is -0.0282. The molecule has 2 rings (SSSR count). The average Bonchev–Trinajstić information content (AvgIpc) is 3.01. The molecule has 0 saturated carbocycles. The van der Waals surface area contributed by atoms with Crippen LogP contribution in [-0.4, -0.2) is 43.4 Å². The van der Waals surface area contributed by atoms with Crippen LogP contribution in [-0.2, 0) is 11.3 Å². The summed E-state index contributed by atoms with van der Waals surface area (Å²) in [4.78, 5) is 28.8. The molecule has 1 aromatic heterocycles. The van der Waals surface area contributed by atoms with Crippen molar-refractivity contribution in [3.63, 3.8) is 0 Å². The molecular formula is C20H28N3O2S+. The lowest BCUT2D eigenvalue weighted by molar-refractivity contribution is -0.884. The van der Waals surface area contributed by atoms with Gasteiger partial charge in [-0.1, -0.05) is 0 Å². The minimum absolute atomic E-state index is 0.0170. The molecule has 2 N–H and O–H groups in total. The first-order valence-corrected chi connectivity index (χ1v) is 9.86. The number of carbonyl (C=O) groups is 2. The van der Waals surface area contributed by atoms with Crippen molar-refractivity contribution < 1.29 is 14.5 Å². The summed E-state index contributed by atoms with van der Waals surface area (Å²) >= 11 is 1.73. The Morgan fingerprint density at radius 3 is 2.31 bits per heavy atom. The van der Waals surface area contributed by atoms with Crippen LogP contribution >= 0.6 is 11.3 Å². The largest absolute Gasteiger partial charge is 0.339 e. The van der Waals surface area contributed by atoms with E-state index >= 15 is 0 Å². The summed E-state index contributed by atoms with van der Waals surface area (Å²) in [6.07, 6.45) is 0. The SMILES string of the molecule is CCN(CC)C(=O)c1ccc(NC(=O)C[NH+](C)Cc2sccc2C)cc1. The molecule has 1 aromatic carbocycles. The maximum Gasteiger partial charge on any atom is 0.279 e. The molecular weight excluding hydrogens is 346 g/mol. The zero-order valence-corrected chi connectivity index (χ0v) is 16.8. The summed E-state index contributed by atoms with van der Waals surface area (Å²) in [5, 5.41) is 4.99. The van der Waals surface area contributed by atoms with Crippen LogP contribution in [0, 0.1) is 6.92 Å². The molecule has 5 nitrogen and oxygen atoms in total. The van der Waals surface area contributed by atoms with Crippen LogP contribution in [0.4, 0.5) is 5.69 Å². The zero-order chi connectivity index (χ0) is 19.1. The number of rotatable bonds is 8. The molecule has 2 aromatic rings. The van der Waals surface area contributed by atoms with Crippen molar-refractivity contribution in [2.45, 2.75) is 27.3 Å². The van der Waals surface area contributed by atoms with E-state index in [2.05, 4.69) is 23.7 Å². The van der Waals surface area contributed by atoms with Crippen molar-refractivity contribution in [2.75, 3.05) is 32.0 Å². The monoisotopic (exact) mass is 374 g/mol. The second-order valence-electron chi connectivity index (χ2n) is 6.44. The quantitative estimate of drug-likeness (QED) is 0.744. The Labute approximate surface area is 159 Å². The third kappa shape index (κ3) is 5.41. The van der Waals surface area contributed by atoms with Crippen LogP contribution < -0.4 is 10.2 Å². The van der Waals surface area contributed by atoms with Crippen molar-refractivity contribution in [3.05, 3.63) is 51.7 Å². The smallest absolute Gasteiger partial charge is 0.279 e. The standard InChI is InChI=1S/C20H27N3O2S/c1-5-23(6-2)20(25)16-7-9-17(10-8-16)21-19(24)14-22(4)13-18-15(3)11-12-26-18/h7-12H,5-6,13-14H2,1-4H3,(H,21,24)/p+1. The van der Waals surface area contributed by atoms with Crippen LogP contribution in [0.25, 0.3) is 0 Å². The third-order valence-corrected chi connectivity index (χ3v) is 5.38. The van der Waals surface area contributed by atoms with Gasteiger partial charge in [0, 0.05) is 24.3 Å². The van der Waals surface area contributed by atoms with Crippen molar-refractivity contribution in [1.29, 1.82) is 0 Å². The van der Waals surface area contributed by atoms with Gasteiger partial charge in [0.1, 0.15) is 6.54 Å². The molecule has 140 valence electrons. The third-order valence-electron chi connectivity index (χ3n) is 4.36. The van der Waals surface area contributed by atoms with Gasteiger partial charge in [0.15, 0.2) is 6.54 Å². The lowest BCUT2D eigenvalue weighted by Gasteiger charge is -2.18. The Bertz CT molecular complexity index is 736. The van der Waals surface area contributed by atoms with Gasteiger partial charge in [-0.25, -0.2) is 0 Å². The van der Waals surface area contributed by atoms with Gasteiger partial charge in [0.05, 0.1) is 11.9 Å². The summed E-state index contributed by atoms with van der Waals surface area (Å²) in [7, 11) is 2.02. The number of quaternary nitrogens is 1. The Balaban J connectivity index is 1.89. The van der Waals surface area contributed by atoms with Crippen LogP contribution in [0.3, 0.4) is 0 Å². The van der Waals surface area contributed by atoms with Crippen molar-refractivity contribution in [1.82, 2.24) is 4.90 Å². The molecule has 0 fully saturated rings. The van der Waals surface area contributed by atoms with Crippen LogP contribution in [0.2, 0.25) is 0 Å². The van der Waals surface area contributed by atoms with Gasteiger partial charge in [0.2, 0.25) is 0 Å². The molecule has 2 amide bonds. The molecule has 0 saturated heterocycles. The summed E-state index contributed by atoms with van der Waals surface area (Å²) in [5.41, 5.74) is 2.64. The van der Waals surface area contributed by atoms with Gasteiger partial charge in [-0.05, 0) is 62.0 Å². The number of amides is 2. The predicted molar refractivity (Wildman–Crippen MR) is 107 cm³/mol. The van der Waals surface area contributed by atoms with E-state index in [9.17, 15) is 9.59 Å². The Kier molecular flexibility index (Phi) is 7.36. The molecule has 0 bridgehead atoms. The normalized spacial score (nSPS) is 11.8. The summed E-state index contributed by atoms with van der Waals surface area (Å²) in [6.45, 7) is 8.64. The van der Waals surface area contributed by atoms with E-state index in [0.717, 1.165) is 11.4 Å². The number of benzene rings is 1. The molecule has 0 aliphatic rings. The second-order valence-corrected chi connectivity index (χ2v) is 7.44. The van der Waals surface area contributed by atoms with E-state index in [1.807, 2.05) is 20.9 Å². The molecule has 0 spiro atoms. The number of aryl methyl sites for hydroxylation is 1. The molecule has 0 aliphatic carbocycles. The lowest BCUT2D eigenvalue weighted by atomic mass is 10.1. The number of nitrogens with one attached hydrogen (secondary N) is 2. The number of hydrogen-bond acceptors (Lipinski definition) is 3. The van der Waals surface area contributed by atoms with E-state index in [1.165, 1.54) is 10.4 Å². The van der Waals surface area contributed by atoms with Gasteiger partial charge in [-0.15, -0.1) is 11.3 Å². The van der Waals surface area contributed by atoms with Gasteiger partial charge >= 0.3 is 0 Å². The van der Waals surface area contributed by atoms with Gasteiger partial charge in [-0.2, -0.15) is 0 Å². The highest BCUT2D eigenvalue weighted by atomic mass is 32.1. The zero-order valence-electron chi connectivity index (χ0n) is 16.0. The molecule has 1 heterocycles. The maximum atomic E-state index is 12.3. The highest BCUT2D eigenvalue weighted by molar-refractivity contribution is 7.10. The first-order chi connectivity index (χ1) is 12.4. The Morgan fingerprint density at radius 1 is 1.12 bits per heavy atom. The summed E-state index contributed by atoms with van der Waals surface area (Å²) in [5.74, 6) is -0.0112. The van der Waals surface area contributed by atoms with Crippen molar-refractivity contribution in [3.8, 4) is 0 Å². The minimum Gasteiger partial charge on any atom is -0.339 e. The van der Waals surface area contributed by atoms with Gasteiger partial charge in [0.25, 0.3) is 11.8 Å². The molecule has 6 heteroatoms. The second kappa shape index (κ2) is 9.50. The average molecular weight is 375 g/mol. The van der Waals surface area contributed by atoms with E-state index in [1.54, 1.807) is 40.5 Å². The number of hydrogen-bond donors (Lipinski definition) is 2. The molecule has 1 atom stereocenters. The van der Waals surface area contributed by atoms with Crippen LogP contribution in [0.15, 0.2) is 35.7 Å². The van der Waals surface area contributed by atoms with Crippen LogP contribution in [0.5, 0.6) is 0 Å². The Morgan fingerprint density at radius 2 is 1.77 bits per heavy atom. The summed E-state index contributed by atoms with van der Waals surface area (Å²) < 4.78 is 0. The van der Waals surface area contributed by atoms with E-state index in [0.29, 0.717) is 30.9 Å². The first-order valence-electron chi connectivity index (χ1n) is 8.98. The molecule has 26 heavy (non-hydrogen) atoms. The highest BCUT2D eigenvalue weighted by Crippen LogP contribution is 2.14. The van der Waals surface area contributed by atoms with Crippen molar-refractivity contribution >= 4 is 28.8 Å². The van der Waals surface area contributed by atoms with E-state index in [-0.39, 0.29) is 11.8 Å². The lowest BCUT2D eigenvalue weighted by Crippen LogP contribution is -3.08. The fraction of sp³-hybridized carbons (Fsp3) is 0.400. The molecule has 0 aliphatic heterocycles. The summed E-state index contributed by atoms with van der Waals surface area (Å²) in [6, 6.07) is 9.21. The first kappa shape index (κ1) is 20.1. The number of nitrogens with zero attached hydrogens (tertiary/aromatic N) is 1. The highest BCUT2D eigenvalue weighted by Gasteiger charge is 2.14. The van der Waals surface area contributed by atoms with Crippen LogP contribution in [0.1, 0.15) is 34.6 Å². The number of likely N-dealkylation sites (N-methyl/N-ethyl adjacent to an activating group) is 1. The van der Waals surface area contributed by atoms with Crippen molar-refractivity contribution in [2.24, 2.45) is 0 Å². The molecule has 0 radical (unpaired) electrons. The maximum absolute atomic E-state index is 12.3. The number of carbonyl (C=O) groups excluding carboxylic acids is 2. The number of thiophene rings is 1. The van der Waals surface area contributed by atoms with E-state index < -0.39 is 0 Å². The van der Waals surface area contributed by atoms with Gasteiger partial charge < -0.3 is 15.1 Å². The fourth-order valence-electron chi connectivity index (χ4n) is 2.79. The Hall–Kier alpha value is -2.18. The van der Waals surface area contributed by atoms with E-state index in [4.69, 9.17) is 0 Å². The molecule has 1 unspecified atom stereocenters. The fourth-order valence-corrected chi connectivity index (χ4v) is 3.81. The topological polar surface area (TPSA) is 53.9 Å². The van der Waals surface area contributed by atoms with Gasteiger partial charge in [-0.3, -0.25) is 9.59 Å². The number of anilines is 1.